The number of primary amides is 1. The molecule has 142 valence electrons. The minimum Gasteiger partial charge on any atom is -0.396 e. The highest BCUT2D eigenvalue weighted by Gasteiger charge is 1.95. The Morgan fingerprint density at radius 2 is 1.12 bits per heavy atom. The van der Waals surface area contributed by atoms with Crippen LogP contribution in [0.5, 0.6) is 0 Å². The van der Waals surface area contributed by atoms with Crippen molar-refractivity contribution >= 4 is 12.1 Å². The van der Waals surface area contributed by atoms with E-state index in [9.17, 15) is 4.79 Å². The molecule has 0 aliphatic rings. The van der Waals surface area contributed by atoms with Crippen molar-refractivity contribution in [3.05, 3.63) is 0 Å². The van der Waals surface area contributed by atoms with Crippen LogP contribution in [0.3, 0.4) is 0 Å². The van der Waals surface area contributed by atoms with Gasteiger partial charge in [-0.05, 0) is 12.8 Å². The number of hydrogen-bond donors (Lipinski definition) is 1. The van der Waals surface area contributed by atoms with E-state index in [0.29, 0.717) is 6.61 Å². The molecule has 0 aromatic heterocycles. The molecular weight excluding hydrogens is 300 g/mol. The van der Waals surface area contributed by atoms with Gasteiger partial charge in [-0.3, -0.25) is 4.79 Å². The molecule has 4 nitrogen and oxygen atoms in total. The fourth-order valence-electron chi connectivity index (χ4n) is 2.86. The third-order valence-corrected chi connectivity index (χ3v) is 4.34. The summed E-state index contributed by atoms with van der Waals surface area (Å²) < 4.78 is 0. The van der Waals surface area contributed by atoms with Gasteiger partial charge in [0, 0.05) is 0 Å². The molecule has 24 heavy (non-hydrogen) atoms. The molecule has 0 unspecified atom stereocenters. The molecule has 0 aliphatic carbocycles. The summed E-state index contributed by atoms with van der Waals surface area (Å²) in [6, 6.07) is 0. The van der Waals surface area contributed by atoms with E-state index < -0.39 is 5.91 Å². The van der Waals surface area contributed by atoms with Gasteiger partial charge in [0.15, 0.2) is 0 Å². The van der Waals surface area contributed by atoms with Gasteiger partial charge in [-0.2, -0.15) is 0 Å². The van der Waals surface area contributed by atoms with Crippen LogP contribution in [0, 0.1) is 0 Å². The molecule has 0 aliphatic heterocycles. The molecular formula is C20H40N2O2. The third kappa shape index (κ3) is 20.9. The largest absolute Gasteiger partial charge is 0.396 e. The van der Waals surface area contributed by atoms with E-state index in [1.165, 1.54) is 96.3 Å². The summed E-state index contributed by atoms with van der Waals surface area (Å²) in [4.78, 5) is 15.3. The molecule has 0 saturated carbocycles. The predicted octanol–water partition coefficient (Wildman–Crippen LogP) is 5.74. The minimum absolute atomic E-state index is 0.568. The first kappa shape index (κ1) is 22.9. The Hall–Kier alpha value is -1.06. The van der Waals surface area contributed by atoms with E-state index in [4.69, 9.17) is 10.6 Å². The van der Waals surface area contributed by atoms with Gasteiger partial charge in [0.1, 0.15) is 12.8 Å². The molecule has 0 saturated heterocycles. The number of carbonyl (C=O) groups is 1. The highest BCUT2D eigenvalue weighted by Crippen LogP contribution is 2.13. The standard InChI is InChI=1S/C20H40N2O2/c1-2-3-4-5-6-7-8-9-10-11-12-13-14-15-16-17-18-24-22-19-20(21)23/h19H,2-18H2,1H3,(H2,21,23). The second-order valence-electron chi connectivity index (χ2n) is 6.77. The van der Waals surface area contributed by atoms with Crippen LogP contribution in [0.4, 0.5) is 0 Å². The van der Waals surface area contributed by atoms with Crippen molar-refractivity contribution < 1.29 is 9.63 Å². The van der Waals surface area contributed by atoms with Crippen molar-refractivity contribution in [3.63, 3.8) is 0 Å². The van der Waals surface area contributed by atoms with E-state index in [1.54, 1.807) is 0 Å². The molecule has 4 heteroatoms. The highest BCUT2D eigenvalue weighted by atomic mass is 16.6. The zero-order valence-corrected chi connectivity index (χ0v) is 15.9. The lowest BCUT2D eigenvalue weighted by molar-refractivity contribution is -0.111. The normalized spacial score (nSPS) is 11.2. The molecule has 2 N–H and O–H groups in total. The van der Waals surface area contributed by atoms with E-state index in [2.05, 4.69) is 12.1 Å². The molecule has 0 aromatic rings. The van der Waals surface area contributed by atoms with Crippen LogP contribution in [0.1, 0.15) is 110 Å². The topological polar surface area (TPSA) is 64.7 Å². The summed E-state index contributed by atoms with van der Waals surface area (Å²) in [5, 5.41) is 3.48. The first-order valence-corrected chi connectivity index (χ1v) is 10.2. The summed E-state index contributed by atoms with van der Waals surface area (Å²) in [6.07, 6.45) is 22.7. The lowest BCUT2D eigenvalue weighted by Crippen LogP contribution is -2.11. The van der Waals surface area contributed by atoms with Crippen molar-refractivity contribution in [2.24, 2.45) is 10.9 Å². The van der Waals surface area contributed by atoms with Crippen molar-refractivity contribution in [2.45, 2.75) is 110 Å². The first-order chi connectivity index (χ1) is 11.8. The third-order valence-electron chi connectivity index (χ3n) is 4.34. The summed E-state index contributed by atoms with van der Waals surface area (Å²) in [6.45, 7) is 2.85. The Morgan fingerprint density at radius 1 is 0.750 bits per heavy atom. The molecule has 0 heterocycles. The zero-order valence-electron chi connectivity index (χ0n) is 15.9. The van der Waals surface area contributed by atoms with Crippen molar-refractivity contribution in [3.8, 4) is 0 Å². The first-order valence-electron chi connectivity index (χ1n) is 10.2. The number of carbonyl (C=O) groups excluding carboxylic acids is 1. The Morgan fingerprint density at radius 3 is 1.50 bits per heavy atom. The lowest BCUT2D eigenvalue weighted by atomic mass is 10.0. The van der Waals surface area contributed by atoms with Crippen molar-refractivity contribution in [1.29, 1.82) is 0 Å². The van der Waals surface area contributed by atoms with Crippen LogP contribution in [0.25, 0.3) is 0 Å². The SMILES string of the molecule is CCCCCCCCCCCCCCCCCCON=CC(N)=O. The van der Waals surface area contributed by atoms with E-state index >= 15 is 0 Å². The number of nitrogens with two attached hydrogens (primary N) is 1. The van der Waals surface area contributed by atoms with Gasteiger partial charge < -0.3 is 10.6 Å². The van der Waals surface area contributed by atoms with Crippen LogP contribution in [-0.2, 0) is 9.63 Å². The van der Waals surface area contributed by atoms with Gasteiger partial charge in [-0.25, -0.2) is 0 Å². The van der Waals surface area contributed by atoms with Crippen molar-refractivity contribution in [1.82, 2.24) is 0 Å². The van der Waals surface area contributed by atoms with E-state index in [1.807, 2.05) is 0 Å². The zero-order chi connectivity index (χ0) is 17.7. The van der Waals surface area contributed by atoms with Gasteiger partial charge in [0.25, 0.3) is 5.91 Å². The average Bonchev–Trinajstić information content (AvgIpc) is 2.56. The molecule has 0 aromatic carbocycles. The molecule has 0 radical (unpaired) electrons. The summed E-state index contributed by atoms with van der Waals surface area (Å²) in [7, 11) is 0. The Labute approximate surface area is 149 Å². The van der Waals surface area contributed by atoms with Crippen molar-refractivity contribution in [2.75, 3.05) is 6.61 Å². The van der Waals surface area contributed by atoms with Crippen LogP contribution in [-0.4, -0.2) is 18.7 Å². The van der Waals surface area contributed by atoms with Crippen LogP contribution in [0.2, 0.25) is 0 Å². The fourth-order valence-corrected chi connectivity index (χ4v) is 2.86. The second-order valence-corrected chi connectivity index (χ2v) is 6.77. The minimum atomic E-state index is -0.568. The Kier molecular flexibility index (Phi) is 19.1. The molecule has 0 rings (SSSR count). The Bertz CT molecular complexity index is 293. The average molecular weight is 341 g/mol. The number of oxime groups is 1. The summed E-state index contributed by atoms with van der Waals surface area (Å²) in [5.74, 6) is -0.568. The van der Waals surface area contributed by atoms with Crippen LogP contribution < -0.4 is 5.73 Å². The second kappa shape index (κ2) is 20.0. The lowest BCUT2D eigenvalue weighted by Gasteiger charge is -2.03. The van der Waals surface area contributed by atoms with Gasteiger partial charge >= 0.3 is 0 Å². The monoisotopic (exact) mass is 340 g/mol. The van der Waals surface area contributed by atoms with Gasteiger partial charge in [0.2, 0.25) is 0 Å². The summed E-state index contributed by atoms with van der Waals surface area (Å²) in [5.41, 5.74) is 4.90. The maximum Gasteiger partial charge on any atom is 0.263 e. The van der Waals surface area contributed by atoms with E-state index in [0.717, 1.165) is 12.6 Å². The van der Waals surface area contributed by atoms with Crippen LogP contribution in [0.15, 0.2) is 5.16 Å². The smallest absolute Gasteiger partial charge is 0.263 e. The van der Waals surface area contributed by atoms with Crippen LogP contribution >= 0.6 is 0 Å². The molecule has 1 amide bonds. The van der Waals surface area contributed by atoms with Gasteiger partial charge in [-0.15, -0.1) is 0 Å². The van der Waals surface area contributed by atoms with Gasteiger partial charge in [0.05, 0.1) is 0 Å². The number of unbranched alkanes of at least 4 members (excludes halogenated alkanes) is 15. The fraction of sp³-hybridized carbons (Fsp3) is 0.900. The predicted molar refractivity (Wildman–Crippen MR) is 103 cm³/mol. The maximum absolute atomic E-state index is 10.4. The number of hydrogen-bond acceptors (Lipinski definition) is 3. The Balaban J connectivity index is 3.01. The molecule has 0 spiro atoms. The highest BCUT2D eigenvalue weighted by molar-refractivity contribution is 6.25. The summed E-state index contributed by atoms with van der Waals surface area (Å²) >= 11 is 0. The molecule has 0 bridgehead atoms. The molecule has 0 fully saturated rings. The number of nitrogens with zero attached hydrogens (tertiary/aromatic N) is 1. The molecule has 0 atom stereocenters. The van der Waals surface area contributed by atoms with Gasteiger partial charge in [-0.1, -0.05) is 102 Å². The van der Waals surface area contributed by atoms with E-state index in [-0.39, 0.29) is 0 Å². The maximum atomic E-state index is 10.4. The number of rotatable bonds is 19. The number of amides is 1. The quantitative estimate of drug-likeness (QED) is 0.185.